The van der Waals surface area contributed by atoms with Crippen LogP contribution in [-0.2, 0) is 0 Å². The van der Waals surface area contributed by atoms with E-state index in [1.165, 1.54) is 0 Å². The van der Waals surface area contributed by atoms with E-state index in [0.717, 1.165) is 43.8 Å². The highest BCUT2D eigenvalue weighted by Gasteiger charge is 2.19. The summed E-state index contributed by atoms with van der Waals surface area (Å²) in [5.41, 5.74) is 6.59. The second kappa shape index (κ2) is 11.2. The number of aromatic nitrogens is 3. The van der Waals surface area contributed by atoms with Crippen molar-refractivity contribution < 1.29 is 11.3 Å². The number of fused-ring (bicyclic) bond motifs is 4. The highest BCUT2D eigenvalue weighted by molar-refractivity contribution is 6.13. The van der Waals surface area contributed by atoms with Gasteiger partial charge in [-0.3, -0.25) is 0 Å². The van der Waals surface area contributed by atoms with Crippen LogP contribution in [-0.4, -0.2) is 15.0 Å². The second-order valence-electron chi connectivity index (χ2n) is 11.3. The first kappa shape index (κ1) is 22.2. The molecule has 0 aliphatic rings. The van der Waals surface area contributed by atoms with Gasteiger partial charge in [0.05, 0.1) is 6.85 Å². The van der Waals surface area contributed by atoms with Crippen LogP contribution in [0.5, 0.6) is 0 Å². The van der Waals surface area contributed by atoms with Crippen molar-refractivity contribution in [2.45, 2.75) is 0 Å². The fourth-order valence-electron chi connectivity index (χ4n) is 6.12. The summed E-state index contributed by atoms with van der Waals surface area (Å²) in [5, 5.41) is 3.67. The molecule has 0 aliphatic carbocycles. The fourth-order valence-corrected chi connectivity index (χ4v) is 6.12. The maximum absolute atomic E-state index is 8.81. The molecule has 0 saturated carbocycles. The minimum absolute atomic E-state index is 0.0267. The topological polar surface area (TPSA) is 51.8 Å². The summed E-state index contributed by atoms with van der Waals surface area (Å²) < 4.78 is 49.0. The summed E-state index contributed by atoms with van der Waals surface area (Å²) in [7, 11) is 0. The third-order valence-corrected chi connectivity index (χ3v) is 8.39. The highest BCUT2D eigenvalue weighted by atomic mass is 16.3. The van der Waals surface area contributed by atoms with Crippen LogP contribution < -0.4 is 0 Å². The smallest absolute Gasteiger partial charge is 0.164 e. The van der Waals surface area contributed by atoms with E-state index in [2.05, 4.69) is 30.3 Å². The van der Waals surface area contributed by atoms with Gasteiger partial charge in [-0.15, -0.1) is 0 Å². The van der Waals surface area contributed by atoms with E-state index in [4.69, 9.17) is 26.2 Å². The molecule has 2 aromatic heterocycles. The molecule has 4 nitrogen and oxygen atoms in total. The SMILES string of the molecule is [2H]c1c([2H])c([2H])c(-c2nc(-c3ccc4ccc(-c5ccccc5)cc4c3)nc(-c3cc(-c4ccccc4)cc4oc5ccccc5c34)n2)c([2H])c1[2H]. The van der Waals surface area contributed by atoms with Crippen molar-refractivity contribution in [3.05, 3.63) is 164 Å². The van der Waals surface area contributed by atoms with Crippen molar-refractivity contribution >= 4 is 32.7 Å². The molecule has 0 fully saturated rings. The van der Waals surface area contributed by atoms with E-state index in [0.29, 0.717) is 28.1 Å². The molecule has 0 bridgehead atoms. The lowest BCUT2D eigenvalue weighted by Gasteiger charge is -2.12. The lowest BCUT2D eigenvalue weighted by Crippen LogP contribution is -2.00. The van der Waals surface area contributed by atoms with E-state index < -0.39 is 30.2 Å². The molecule has 0 radical (unpaired) electrons. The number of furan rings is 1. The van der Waals surface area contributed by atoms with Crippen LogP contribution in [0.3, 0.4) is 0 Å². The molecule has 2 heterocycles. The van der Waals surface area contributed by atoms with Gasteiger partial charge >= 0.3 is 0 Å². The Morgan fingerprint density at radius 1 is 0.426 bits per heavy atom. The Balaban J connectivity index is 1.34. The molecule has 7 aromatic carbocycles. The number of hydrogen-bond acceptors (Lipinski definition) is 4. The van der Waals surface area contributed by atoms with Gasteiger partial charge in [-0.2, -0.15) is 0 Å². The Morgan fingerprint density at radius 2 is 1.04 bits per heavy atom. The van der Waals surface area contributed by atoms with Crippen LogP contribution in [0.15, 0.2) is 168 Å². The first-order chi connectivity index (χ1) is 25.3. The molecule has 0 aliphatic heterocycles. The van der Waals surface area contributed by atoms with Crippen LogP contribution in [0.2, 0.25) is 0 Å². The van der Waals surface area contributed by atoms with Crippen LogP contribution >= 0.6 is 0 Å². The standard InChI is InChI=1S/C43H27N3O/c1-4-12-28(13-5-1)32-22-20-30-21-23-33(25-34(30)24-32)42-44-41(31-16-8-3-9-17-31)45-43(46-42)37-26-35(29-14-6-2-7-15-29)27-39-40(37)36-18-10-11-19-38(36)47-39/h1-27H/i3D,8D,9D,16D,17D. The minimum Gasteiger partial charge on any atom is -0.456 e. The Bertz CT molecular complexity index is 2830. The minimum atomic E-state index is -0.487. The zero-order valence-electron chi connectivity index (χ0n) is 30.0. The van der Waals surface area contributed by atoms with E-state index in [1.54, 1.807) is 0 Å². The average molecular weight is 607 g/mol. The summed E-state index contributed by atoms with van der Waals surface area (Å²) in [6.07, 6.45) is 0. The first-order valence-corrected chi connectivity index (χ1v) is 15.3. The van der Waals surface area contributed by atoms with Crippen molar-refractivity contribution in [3.8, 4) is 56.4 Å². The molecule has 47 heavy (non-hydrogen) atoms. The van der Waals surface area contributed by atoms with Crippen molar-refractivity contribution in [1.29, 1.82) is 0 Å². The van der Waals surface area contributed by atoms with E-state index >= 15 is 0 Å². The zero-order chi connectivity index (χ0) is 35.5. The van der Waals surface area contributed by atoms with E-state index in [1.807, 2.05) is 103 Å². The van der Waals surface area contributed by atoms with Crippen LogP contribution in [0, 0.1) is 0 Å². The molecular formula is C43H27N3O. The van der Waals surface area contributed by atoms with E-state index in [9.17, 15) is 0 Å². The van der Waals surface area contributed by atoms with E-state index in [-0.39, 0.29) is 17.2 Å². The van der Waals surface area contributed by atoms with Crippen LogP contribution in [0.1, 0.15) is 6.85 Å². The van der Waals surface area contributed by atoms with Gasteiger partial charge in [0.1, 0.15) is 11.2 Å². The Morgan fingerprint density at radius 3 is 1.81 bits per heavy atom. The van der Waals surface area contributed by atoms with Gasteiger partial charge in [-0.1, -0.05) is 133 Å². The zero-order valence-corrected chi connectivity index (χ0v) is 25.0. The summed E-state index contributed by atoms with van der Waals surface area (Å²) >= 11 is 0. The maximum Gasteiger partial charge on any atom is 0.164 e. The molecule has 4 heteroatoms. The number of hydrogen-bond donors (Lipinski definition) is 0. The second-order valence-corrected chi connectivity index (χ2v) is 11.3. The van der Waals surface area contributed by atoms with Gasteiger partial charge in [0.25, 0.3) is 0 Å². The highest BCUT2D eigenvalue weighted by Crippen LogP contribution is 2.40. The molecule has 0 unspecified atom stereocenters. The van der Waals surface area contributed by atoms with Gasteiger partial charge < -0.3 is 4.42 Å². The Labute approximate surface area is 278 Å². The lowest BCUT2D eigenvalue weighted by molar-refractivity contribution is 0.669. The van der Waals surface area contributed by atoms with Crippen molar-refractivity contribution in [2.75, 3.05) is 0 Å². The van der Waals surface area contributed by atoms with Gasteiger partial charge in [0.15, 0.2) is 17.5 Å². The molecule has 0 N–H and O–H groups in total. The fraction of sp³-hybridized carbons (Fsp3) is 0. The summed E-state index contributed by atoms with van der Waals surface area (Å²) in [5.74, 6) is 0.547. The van der Waals surface area contributed by atoms with Gasteiger partial charge in [-0.05, 0) is 63.4 Å². The van der Waals surface area contributed by atoms with Gasteiger partial charge in [-0.25, -0.2) is 15.0 Å². The van der Waals surface area contributed by atoms with Gasteiger partial charge in [0, 0.05) is 27.5 Å². The monoisotopic (exact) mass is 606 g/mol. The quantitative estimate of drug-likeness (QED) is 0.196. The van der Waals surface area contributed by atoms with Crippen molar-refractivity contribution in [2.24, 2.45) is 0 Å². The summed E-state index contributed by atoms with van der Waals surface area (Å²) in [6.45, 7) is 0. The molecule has 220 valence electrons. The molecule has 0 amide bonds. The summed E-state index contributed by atoms with van der Waals surface area (Å²) in [6, 6.07) is 41.9. The first-order valence-electron chi connectivity index (χ1n) is 17.8. The molecule has 9 rings (SSSR count). The Hall–Kier alpha value is -6.39. The van der Waals surface area contributed by atoms with Gasteiger partial charge in [0.2, 0.25) is 0 Å². The maximum atomic E-state index is 8.81. The Kier molecular flexibility index (Phi) is 5.28. The summed E-state index contributed by atoms with van der Waals surface area (Å²) in [4.78, 5) is 14.8. The number of rotatable bonds is 5. The third kappa shape index (κ3) is 4.93. The number of nitrogens with zero attached hydrogens (tertiary/aromatic N) is 3. The largest absolute Gasteiger partial charge is 0.456 e. The predicted octanol–water partition coefficient (Wildman–Crippen LogP) is 11.3. The molecular weight excluding hydrogens is 574 g/mol. The third-order valence-electron chi connectivity index (χ3n) is 8.39. The van der Waals surface area contributed by atoms with Crippen LogP contribution in [0.25, 0.3) is 89.1 Å². The number of para-hydroxylation sites is 1. The number of benzene rings is 7. The van der Waals surface area contributed by atoms with Crippen molar-refractivity contribution in [3.63, 3.8) is 0 Å². The normalized spacial score (nSPS) is 12.9. The predicted molar refractivity (Wildman–Crippen MR) is 192 cm³/mol. The van der Waals surface area contributed by atoms with Crippen LogP contribution in [0.4, 0.5) is 0 Å². The molecule has 0 spiro atoms. The molecule has 9 aromatic rings. The molecule has 0 saturated heterocycles. The van der Waals surface area contributed by atoms with Crippen molar-refractivity contribution in [1.82, 2.24) is 15.0 Å². The average Bonchev–Trinajstić information content (AvgIpc) is 3.58. The molecule has 0 atom stereocenters. The lowest BCUT2D eigenvalue weighted by atomic mass is 9.98.